The molecule has 0 rings (SSSR count). The molecular weight excluding hydrogens is 207 g/mol. The highest BCUT2D eigenvalue weighted by Gasteiger charge is 2.57. The highest BCUT2D eigenvalue weighted by atomic mass is 19.4. The van der Waals surface area contributed by atoms with Crippen LogP contribution in [0.4, 0.5) is 22.0 Å². The topological polar surface area (TPSA) is 24.1 Å². The third kappa shape index (κ3) is 4.19. The molecule has 0 spiro atoms. The molecular formula is C7H13F5N2. The molecule has 0 aromatic heterocycles. The van der Waals surface area contributed by atoms with Crippen LogP contribution in [0.1, 0.15) is 6.92 Å². The number of rotatable bonds is 5. The third-order valence-electron chi connectivity index (χ3n) is 1.60. The molecule has 0 bridgehead atoms. The van der Waals surface area contributed by atoms with Crippen LogP contribution in [0.25, 0.3) is 0 Å². The van der Waals surface area contributed by atoms with Gasteiger partial charge in [0.15, 0.2) is 0 Å². The van der Waals surface area contributed by atoms with Crippen LogP contribution in [-0.2, 0) is 0 Å². The van der Waals surface area contributed by atoms with E-state index in [2.05, 4.69) is 10.6 Å². The van der Waals surface area contributed by atoms with Crippen molar-refractivity contribution >= 4 is 0 Å². The van der Waals surface area contributed by atoms with E-state index in [0.29, 0.717) is 6.54 Å². The zero-order valence-corrected chi connectivity index (χ0v) is 7.88. The summed E-state index contributed by atoms with van der Waals surface area (Å²) in [6, 6.07) is -0.437. The molecule has 0 fully saturated rings. The lowest BCUT2D eigenvalue weighted by atomic mass is 10.2. The molecule has 0 saturated heterocycles. The van der Waals surface area contributed by atoms with Crippen LogP contribution in [0.3, 0.4) is 0 Å². The Morgan fingerprint density at radius 3 is 2.00 bits per heavy atom. The Bertz CT molecular complexity index is 168. The average Bonchev–Trinajstić information content (AvgIpc) is 1.99. The lowest BCUT2D eigenvalue weighted by Crippen LogP contribution is -2.49. The summed E-state index contributed by atoms with van der Waals surface area (Å²) in [5.41, 5.74) is 0. The number of likely N-dealkylation sites (N-methyl/N-ethyl adjacent to an activating group) is 1. The molecule has 0 aliphatic rings. The summed E-state index contributed by atoms with van der Waals surface area (Å²) in [7, 11) is 1.58. The molecule has 0 aliphatic heterocycles. The molecule has 0 amide bonds. The highest BCUT2D eigenvalue weighted by molar-refractivity contribution is 4.79. The van der Waals surface area contributed by atoms with E-state index in [-0.39, 0.29) is 0 Å². The smallest absolute Gasteiger partial charge is 0.318 e. The number of halogens is 5. The van der Waals surface area contributed by atoms with Crippen molar-refractivity contribution in [2.45, 2.75) is 25.1 Å². The zero-order chi connectivity index (χ0) is 11.4. The van der Waals surface area contributed by atoms with Gasteiger partial charge >= 0.3 is 12.1 Å². The maximum absolute atomic E-state index is 12.3. The van der Waals surface area contributed by atoms with Gasteiger partial charge in [-0.05, 0) is 14.0 Å². The van der Waals surface area contributed by atoms with E-state index in [1.807, 2.05) is 0 Å². The molecule has 1 atom stereocenters. The second kappa shape index (κ2) is 4.88. The number of hydrogen-bond acceptors (Lipinski definition) is 2. The summed E-state index contributed by atoms with van der Waals surface area (Å²) in [5, 5.41) is 4.75. The minimum atomic E-state index is -5.49. The lowest BCUT2D eigenvalue weighted by molar-refractivity contribution is -0.279. The summed E-state index contributed by atoms with van der Waals surface area (Å²) in [5.74, 6) is -4.67. The molecule has 0 radical (unpaired) electrons. The Kier molecular flexibility index (Phi) is 4.73. The third-order valence-corrected chi connectivity index (χ3v) is 1.60. The first-order valence-corrected chi connectivity index (χ1v) is 4.03. The number of alkyl halides is 5. The van der Waals surface area contributed by atoms with Gasteiger partial charge in [-0.2, -0.15) is 22.0 Å². The van der Waals surface area contributed by atoms with Gasteiger partial charge in [-0.3, -0.25) is 0 Å². The Hall–Kier alpha value is -0.430. The van der Waals surface area contributed by atoms with E-state index >= 15 is 0 Å². The summed E-state index contributed by atoms with van der Waals surface area (Å²) < 4.78 is 59.6. The van der Waals surface area contributed by atoms with E-state index in [1.54, 1.807) is 7.05 Å². The number of hydrogen-bond donors (Lipinski definition) is 2. The van der Waals surface area contributed by atoms with E-state index in [0.717, 1.165) is 0 Å². The first-order valence-electron chi connectivity index (χ1n) is 4.03. The Balaban J connectivity index is 3.99. The van der Waals surface area contributed by atoms with Crippen LogP contribution in [0.15, 0.2) is 0 Å². The fourth-order valence-electron chi connectivity index (χ4n) is 0.781. The normalized spacial score (nSPS) is 15.6. The standard InChI is InChI=1S/C7H13F5N2/c1-5(3-13-2)14-4-6(8,9)7(10,11)12/h5,13-14H,3-4H2,1-2H3. The Morgan fingerprint density at radius 1 is 1.14 bits per heavy atom. The lowest BCUT2D eigenvalue weighted by Gasteiger charge is -2.22. The van der Waals surface area contributed by atoms with Crippen molar-refractivity contribution in [2.75, 3.05) is 20.1 Å². The molecule has 2 N–H and O–H groups in total. The molecule has 86 valence electrons. The minimum absolute atomic E-state index is 0.327. The fraction of sp³-hybridized carbons (Fsp3) is 1.00. The van der Waals surface area contributed by atoms with Crippen molar-refractivity contribution in [3.63, 3.8) is 0 Å². The van der Waals surface area contributed by atoms with Crippen molar-refractivity contribution in [2.24, 2.45) is 0 Å². The molecule has 1 unspecified atom stereocenters. The van der Waals surface area contributed by atoms with Crippen LogP contribution >= 0.6 is 0 Å². The van der Waals surface area contributed by atoms with E-state index in [4.69, 9.17) is 0 Å². The summed E-state index contributed by atoms with van der Waals surface area (Å²) in [6.45, 7) is 0.455. The predicted molar refractivity (Wildman–Crippen MR) is 42.4 cm³/mol. The van der Waals surface area contributed by atoms with E-state index < -0.39 is 24.7 Å². The zero-order valence-electron chi connectivity index (χ0n) is 7.88. The Morgan fingerprint density at radius 2 is 1.64 bits per heavy atom. The van der Waals surface area contributed by atoms with Crippen molar-refractivity contribution in [3.8, 4) is 0 Å². The molecule has 2 nitrogen and oxygen atoms in total. The van der Waals surface area contributed by atoms with Gasteiger partial charge in [-0.25, -0.2) is 0 Å². The van der Waals surface area contributed by atoms with Gasteiger partial charge in [0.1, 0.15) is 0 Å². The van der Waals surface area contributed by atoms with Crippen LogP contribution < -0.4 is 10.6 Å². The minimum Gasteiger partial charge on any atom is -0.318 e. The largest absolute Gasteiger partial charge is 0.454 e. The summed E-state index contributed by atoms with van der Waals surface area (Å²) >= 11 is 0. The number of nitrogens with one attached hydrogen (secondary N) is 2. The maximum Gasteiger partial charge on any atom is 0.454 e. The molecule has 14 heavy (non-hydrogen) atoms. The van der Waals surface area contributed by atoms with Gasteiger partial charge in [0, 0.05) is 12.6 Å². The van der Waals surface area contributed by atoms with Crippen molar-refractivity contribution in [3.05, 3.63) is 0 Å². The quantitative estimate of drug-likeness (QED) is 0.684. The van der Waals surface area contributed by atoms with Gasteiger partial charge in [0.05, 0.1) is 6.54 Å². The van der Waals surface area contributed by atoms with Gasteiger partial charge in [-0.15, -0.1) is 0 Å². The first kappa shape index (κ1) is 13.6. The first-order chi connectivity index (χ1) is 6.20. The fourth-order valence-corrected chi connectivity index (χ4v) is 0.781. The summed E-state index contributed by atoms with van der Waals surface area (Å²) in [4.78, 5) is 0. The Labute approximate surface area is 78.9 Å². The second-order valence-corrected chi connectivity index (χ2v) is 3.04. The van der Waals surface area contributed by atoms with Gasteiger partial charge in [0.2, 0.25) is 0 Å². The average molecular weight is 220 g/mol. The molecule has 0 aliphatic carbocycles. The van der Waals surface area contributed by atoms with Crippen LogP contribution in [0, 0.1) is 0 Å². The van der Waals surface area contributed by atoms with Crippen LogP contribution in [-0.4, -0.2) is 38.3 Å². The summed E-state index contributed by atoms with van der Waals surface area (Å²) in [6.07, 6.45) is -5.49. The SMILES string of the molecule is CNCC(C)NCC(F)(F)C(F)(F)F. The van der Waals surface area contributed by atoms with Gasteiger partial charge < -0.3 is 10.6 Å². The van der Waals surface area contributed by atoms with E-state index in [9.17, 15) is 22.0 Å². The monoisotopic (exact) mass is 220 g/mol. The highest BCUT2D eigenvalue weighted by Crippen LogP contribution is 2.34. The molecule has 0 aromatic carbocycles. The van der Waals surface area contributed by atoms with Crippen molar-refractivity contribution < 1.29 is 22.0 Å². The molecule has 0 saturated carbocycles. The van der Waals surface area contributed by atoms with Crippen LogP contribution in [0.5, 0.6) is 0 Å². The van der Waals surface area contributed by atoms with Crippen molar-refractivity contribution in [1.29, 1.82) is 0 Å². The second-order valence-electron chi connectivity index (χ2n) is 3.04. The van der Waals surface area contributed by atoms with Gasteiger partial charge in [0.25, 0.3) is 0 Å². The molecule has 0 aromatic rings. The maximum atomic E-state index is 12.3. The van der Waals surface area contributed by atoms with Crippen LogP contribution in [0.2, 0.25) is 0 Å². The van der Waals surface area contributed by atoms with Crippen molar-refractivity contribution in [1.82, 2.24) is 10.6 Å². The van der Waals surface area contributed by atoms with E-state index in [1.165, 1.54) is 6.92 Å². The predicted octanol–water partition coefficient (Wildman–Crippen LogP) is 1.38. The van der Waals surface area contributed by atoms with Gasteiger partial charge in [-0.1, -0.05) is 0 Å². The molecule has 0 heterocycles. The molecule has 7 heteroatoms.